The van der Waals surface area contributed by atoms with Gasteiger partial charge in [0.2, 0.25) is 0 Å². The predicted molar refractivity (Wildman–Crippen MR) is 94.3 cm³/mol. The molecule has 3 rings (SSSR count). The van der Waals surface area contributed by atoms with Gasteiger partial charge >= 0.3 is 6.18 Å². The molecule has 4 heteroatoms. The summed E-state index contributed by atoms with van der Waals surface area (Å²) < 4.78 is 37.9. The second-order valence-electron chi connectivity index (χ2n) is 8.16. The average molecular weight is 353 g/mol. The zero-order chi connectivity index (χ0) is 17.9. The van der Waals surface area contributed by atoms with Crippen LogP contribution in [0.25, 0.3) is 0 Å². The molecule has 1 heterocycles. The highest BCUT2D eigenvalue weighted by molar-refractivity contribution is 5.20. The van der Waals surface area contributed by atoms with E-state index in [-0.39, 0.29) is 0 Å². The third-order valence-corrected chi connectivity index (χ3v) is 6.58. The number of rotatable bonds is 4. The fourth-order valence-electron chi connectivity index (χ4n) is 5.09. The molecule has 0 amide bonds. The number of halogens is 3. The van der Waals surface area contributed by atoms with Gasteiger partial charge in [-0.3, -0.25) is 4.98 Å². The molecule has 0 N–H and O–H groups in total. The normalized spacial score (nSPS) is 31.0. The van der Waals surface area contributed by atoms with Crippen LogP contribution in [0.15, 0.2) is 18.3 Å². The van der Waals surface area contributed by atoms with Crippen LogP contribution in [0.1, 0.15) is 88.3 Å². The van der Waals surface area contributed by atoms with Crippen LogP contribution in [0.2, 0.25) is 0 Å². The largest absolute Gasteiger partial charge is 0.433 e. The van der Waals surface area contributed by atoms with Crippen LogP contribution in [0.5, 0.6) is 0 Å². The monoisotopic (exact) mass is 353 g/mol. The zero-order valence-electron chi connectivity index (χ0n) is 15.2. The first kappa shape index (κ1) is 18.7. The number of aromatic nitrogens is 1. The van der Waals surface area contributed by atoms with Crippen LogP contribution >= 0.6 is 0 Å². The summed E-state index contributed by atoms with van der Waals surface area (Å²) in [6.07, 6.45) is 10.1. The van der Waals surface area contributed by atoms with E-state index in [1.54, 1.807) is 6.07 Å². The van der Waals surface area contributed by atoms with Crippen molar-refractivity contribution in [3.63, 3.8) is 0 Å². The Balaban J connectivity index is 1.49. The first-order valence-electron chi connectivity index (χ1n) is 10.0. The van der Waals surface area contributed by atoms with E-state index in [0.29, 0.717) is 5.92 Å². The first-order valence-corrected chi connectivity index (χ1v) is 10.0. The van der Waals surface area contributed by atoms with Crippen molar-refractivity contribution < 1.29 is 13.2 Å². The van der Waals surface area contributed by atoms with Gasteiger partial charge in [-0.1, -0.05) is 38.7 Å². The van der Waals surface area contributed by atoms with Gasteiger partial charge in [0.15, 0.2) is 0 Å². The van der Waals surface area contributed by atoms with Gasteiger partial charge in [-0.25, -0.2) is 0 Å². The van der Waals surface area contributed by atoms with Gasteiger partial charge < -0.3 is 0 Å². The molecular weight excluding hydrogens is 323 g/mol. The third-order valence-electron chi connectivity index (χ3n) is 6.58. The van der Waals surface area contributed by atoms with E-state index in [1.165, 1.54) is 57.6 Å². The maximum Gasteiger partial charge on any atom is 0.433 e. The number of pyridine rings is 1. The molecule has 1 aromatic heterocycles. The minimum absolute atomic E-state index is 0.391. The summed E-state index contributed by atoms with van der Waals surface area (Å²) >= 11 is 0. The highest BCUT2D eigenvalue weighted by Crippen LogP contribution is 2.44. The second kappa shape index (κ2) is 8.09. The lowest BCUT2D eigenvalue weighted by Gasteiger charge is -2.38. The molecule has 0 spiro atoms. The molecule has 2 aliphatic carbocycles. The fraction of sp³-hybridized carbons (Fsp3) is 0.762. The molecule has 0 aromatic carbocycles. The van der Waals surface area contributed by atoms with Crippen LogP contribution in [-0.4, -0.2) is 4.98 Å². The summed E-state index contributed by atoms with van der Waals surface area (Å²) in [5.74, 6) is 3.07. The molecular formula is C21H30F3N. The van der Waals surface area contributed by atoms with Gasteiger partial charge in [-0.2, -0.15) is 13.2 Å². The Labute approximate surface area is 149 Å². The van der Waals surface area contributed by atoms with E-state index < -0.39 is 11.9 Å². The molecule has 2 saturated carbocycles. The Hall–Kier alpha value is -1.06. The Bertz CT molecular complexity index is 521. The minimum Gasteiger partial charge on any atom is -0.251 e. The fourth-order valence-corrected chi connectivity index (χ4v) is 5.09. The number of alkyl halides is 3. The summed E-state index contributed by atoms with van der Waals surface area (Å²) in [6.45, 7) is 2.28. The number of hydrogen-bond donors (Lipinski definition) is 0. The van der Waals surface area contributed by atoms with Crippen molar-refractivity contribution >= 4 is 0 Å². The Kier molecular flexibility index (Phi) is 6.06. The summed E-state index contributed by atoms with van der Waals surface area (Å²) in [5.41, 5.74) is 0.201. The van der Waals surface area contributed by atoms with Gasteiger partial charge in [0.05, 0.1) is 0 Å². The van der Waals surface area contributed by atoms with Crippen molar-refractivity contribution in [3.8, 4) is 0 Å². The van der Waals surface area contributed by atoms with Crippen molar-refractivity contribution in [2.75, 3.05) is 0 Å². The summed E-state index contributed by atoms with van der Waals surface area (Å²) in [7, 11) is 0. The quantitative estimate of drug-likeness (QED) is 0.569. The average Bonchev–Trinajstić information content (AvgIpc) is 2.62. The Morgan fingerprint density at radius 2 is 1.52 bits per heavy atom. The van der Waals surface area contributed by atoms with Crippen LogP contribution in [0.4, 0.5) is 13.2 Å². The lowest BCUT2D eigenvalue weighted by Crippen LogP contribution is -2.25. The minimum atomic E-state index is -4.34. The van der Waals surface area contributed by atoms with Gasteiger partial charge in [-0.05, 0) is 73.8 Å². The van der Waals surface area contributed by atoms with Crippen LogP contribution < -0.4 is 0 Å². The van der Waals surface area contributed by atoms with Crippen LogP contribution in [0, 0.1) is 17.8 Å². The van der Waals surface area contributed by atoms with Crippen molar-refractivity contribution in [1.82, 2.24) is 4.98 Å². The smallest absolute Gasteiger partial charge is 0.251 e. The molecule has 0 aliphatic heterocycles. The van der Waals surface area contributed by atoms with Crippen LogP contribution in [-0.2, 0) is 6.18 Å². The van der Waals surface area contributed by atoms with Crippen molar-refractivity contribution in [2.45, 2.75) is 83.2 Å². The molecule has 25 heavy (non-hydrogen) atoms. The lowest BCUT2D eigenvalue weighted by atomic mass is 9.68. The molecule has 1 aromatic rings. The van der Waals surface area contributed by atoms with E-state index in [4.69, 9.17) is 0 Å². The van der Waals surface area contributed by atoms with E-state index in [1.807, 2.05) is 0 Å². The molecule has 2 fully saturated rings. The molecule has 0 bridgehead atoms. The van der Waals surface area contributed by atoms with Gasteiger partial charge in [-0.15, -0.1) is 0 Å². The first-order chi connectivity index (χ1) is 12.0. The summed E-state index contributed by atoms with van der Waals surface area (Å²) in [4.78, 5) is 3.63. The standard InChI is InChI=1S/C21H30F3N/c1-2-3-15-4-6-16(7-5-15)17-8-10-18(11-9-17)19-12-13-20(25-14-19)21(22,23)24/h12-18H,2-11H2,1H3/t15-,16-,17?,18?. The molecule has 1 nitrogen and oxygen atoms in total. The number of hydrogen-bond acceptors (Lipinski definition) is 1. The SMILES string of the molecule is CCC[C@H]1CC[C@H](C2CCC(c3ccc(C(F)(F)F)nc3)CC2)CC1. The van der Waals surface area contributed by atoms with Gasteiger partial charge in [0, 0.05) is 6.20 Å². The number of nitrogens with zero attached hydrogens (tertiary/aromatic N) is 1. The molecule has 2 aliphatic rings. The molecule has 0 radical (unpaired) electrons. The van der Waals surface area contributed by atoms with Gasteiger partial charge in [0.25, 0.3) is 0 Å². The topological polar surface area (TPSA) is 12.9 Å². The maximum atomic E-state index is 12.6. The highest BCUT2D eigenvalue weighted by atomic mass is 19.4. The maximum absolute atomic E-state index is 12.6. The third kappa shape index (κ3) is 4.77. The summed E-state index contributed by atoms with van der Waals surface area (Å²) in [5, 5.41) is 0. The van der Waals surface area contributed by atoms with E-state index in [0.717, 1.165) is 42.2 Å². The van der Waals surface area contributed by atoms with Crippen molar-refractivity contribution in [3.05, 3.63) is 29.6 Å². The molecule has 0 atom stereocenters. The second-order valence-corrected chi connectivity index (χ2v) is 8.16. The predicted octanol–water partition coefficient (Wildman–Crippen LogP) is 6.98. The van der Waals surface area contributed by atoms with E-state index in [2.05, 4.69) is 11.9 Å². The highest BCUT2D eigenvalue weighted by Gasteiger charge is 2.33. The van der Waals surface area contributed by atoms with E-state index >= 15 is 0 Å². The zero-order valence-corrected chi connectivity index (χ0v) is 15.2. The lowest BCUT2D eigenvalue weighted by molar-refractivity contribution is -0.141. The Morgan fingerprint density at radius 3 is 2.00 bits per heavy atom. The molecule has 140 valence electrons. The molecule has 0 saturated heterocycles. The molecule has 0 unspecified atom stereocenters. The van der Waals surface area contributed by atoms with E-state index in [9.17, 15) is 13.2 Å². The van der Waals surface area contributed by atoms with Crippen LogP contribution in [0.3, 0.4) is 0 Å². The van der Waals surface area contributed by atoms with Crippen molar-refractivity contribution in [2.24, 2.45) is 17.8 Å². The summed E-state index contributed by atoms with van der Waals surface area (Å²) in [6, 6.07) is 2.77. The van der Waals surface area contributed by atoms with Crippen molar-refractivity contribution in [1.29, 1.82) is 0 Å². The Morgan fingerprint density at radius 1 is 0.920 bits per heavy atom. The van der Waals surface area contributed by atoms with Gasteiger partial charge in [0.1, 0.15) is 5.69 Å².